The molecule has 0 amide bonds. The molecule has 0 radical (unpaired) electrons. The minimum absolute atomic E-state index is 0.0429. The van der Waals surface area contributed by atoms with Crippen LogP contribution in [0.4, 0.5) is 0 Å². The zero-order chi connectivity index (χ0) is 36.2. The number of rotatable bonds is 39. The number of carbonyl (C=O) groups is 2. The molecule has 0 heterocycles. The van der Waals surface area contributed by atoms with Crippen LogP contribution in [0, 0.1) is 5.41 Å². The van der Waals surface area contributed by atoms with E-state index in [0.717, 1.165) is 76.2 Å². The predicted octanol–water partition coefficient (Wildman–Crippen LogP) is 15.6. The van der Waals surface area contributed by atoms with Gasteiger partial charge in [-0.1, -0.05) is 224 Å². The van der Waals surface area contributed by atoms with E-state index in [-0.39, 0.29) is 11.7 Å². The number of carbonyl (C=O) groups excluding carboxylic acids is 2. The average Bonchev–Trinajstić information content (AvgIpc) is 3.13. The summed E-state index contributed by atoms with van der Waals surface area (Å²) in [6, 6.07) is 10.2. The number of unbranched alkanes of at least 4 members (excludes halogenated alkanes) is 28. The Morgan fingerprint density at radius 2 is 0.760 bits per heavy atom. The molecule has 1 unspecified atom stereocenters. The van der Waals surface area contributed by atoms with Gasteiger partial charge in [0, 0.05) is 18.8 Å². The van der Waals surface area contributed by atoms with Crippen LogP contribution in [0.15, 0.2) is 30.3 Å². The summed E-state index contributed by atoms with van der Waals surface area (Å²) >= 11 is 0. The second-order valence-electron chi connectivity index (χ2n) is 15.6. The molecule has 0 aliphatic carbocycles. The lowest BCUT2D eigenvalue weighted by atomic mass is 9.86. The smallest absolute Gasteiger partial charge is 0.183 e. The van der Waals surface area contributed by atoms with Gasteiger partial charge in [0.15, 0.2) is 5.78 Å². The van der Waals surface area contributed by atoms with Gasteiger partial charge in [-0.2, -0.15) is 0 Å². The Morgan fingerprint density at radius 3 is 1.14 bits per heavy atom. The maximum Gasteiger partial charge on any atom is 0.183 e. The minimum Gasteiger partial charge on any atom is -0.302 e. The van der Waals surface area contributed by atoms with Crippen LogP contribution in [0.3, 0.4) is 0 Å². The maximum absolute atomic E-state index is 13.4. The van der Waals surface area contributed by atoms with E-state index in [0.29, 0.717) is 17.9 Å². The Labute approximate surface area is 311 Å². The van der Waals surface area contributed by atoms with Gasteiger partial charge in [-0.3, -0.25) is 9.59 Å². The second kappa shape index (κ2) is 35.6. The third-order valence-electron chi connectivity index (χ3n) is 10.9. The van der Waals surface area contributed by atoms with Crippen molar-refractivity contribution in [3.05, 3.63) is 35.9 Å². The van der Waals surface area contributed by atoms with Gasteiger partial charge in [0.1, 0.15) is 5.78 Å². The standard InChI is InChI=1S/C47H83NO2/c1-3-5-7-9-11-13-15-17-18-20-22-26-33-39-44(49)40-34-27-24-25-29-36-42-46(48)47(50)45(43-37-31-30-32-38-43)41-35-28-23-21-19-16-14-12-10-8-6-4-2/h30-32,37-38,45,48H,3-29,33-36,39-42H2,1-2H3. The molecule has 1 atom stereocenters. The second-order valence-corrected chi connectivity index (χ2v) is 15.6. The van der Waals surface area contributed by atoms with E-state index >= 15 is 0 Å². The van der Waals surface area contributed by atoms with Crippen molar-refractivity contribution >= 4 is 17.3 Å². The topological polar surface area (TPSA) is 58.0 Å². The molecule has 3 nitrogen and oxygen atoms in total. The molecule has 0 spiro atoms. The third kappa shape index (κ3) is 27.9. The van der Waals surface area contributed by atoms with E-state index in [1.165, 1.54) is 148 Å². The molecule has 50 heavy (non-hydrogen) atoms. The maximum atomic E-state index is 13.4. The van der Waals surface area contributed by atoms with E-state index in [2.05, 4.69) is 26.0 Å². The number of nitrogens with one attached hydrogen (secondary N) is 1. The molecule has 0 saturated carbocycles. The highest BCUT2D eigenvalue weighted by Gasteiger charge is 2.23. The lowest BCUT2D eigenvalue weighted by Crippen LogP contribution is -2.22. The summed E-state index contributed by atoms with van der Waals surface area (Å²) in [6.45, 7) is 4.56. The van der Waals surface area contributed by atoms with Crippen molar-refractivity contribution < 1.29 is 9.59 Å². The van der Waals surface area contributed by atoms with E-state index in [1.807, 2.05) is 18.2 Å². The Kier molecular flexibility index (Phi) is 33.0. The van der Waals surface area contributed by atoms with Gasteiger partial charge in [-0.05, 0) is 37.7 Å². The van der Waals surface area contributed by atoms with Crippen LogP contribution < -0.4 is 0 Å². The molecular formula is C47H83NO2. The van der Waals surface area contributed by atoms with Crippen molar-refractivity contribution in [1.82, 2.24) is 0 Å². The van der Waals surface area contributed by atoms with Gasteiger partial charge in [0.25, 0.3) is 0 Å². The van der Waals surface area contributed by atoms with Crippen LogP contribution in [-0.4, -0.2) is 17.3 Å². The number of Topliss-reactive ketones (excluding diaryl/α,β-unsaturated/α-hetero) is 2. The molecular weight excluding hydrogens is 611 g/mol. The highest BCUT2D eigenvalue weighted by atomic mass is 16.1. The Morgan fingerprint density at radius 1 is 0.440 bits per heavy atom. The molecule has 0 aromatic heterocycles. The zero-order valence-corrected chi connectivity index (χ0v) is 33.5. The summed E-state index contributed by atoms with van der Waals surface area (Å²) in [4.78, 5) is 25.7. The lowest BCUT2D eigenvalue weighted by Gasteiger charge is -2.17. The van der Waals surface area contributed by atoms with E-state index < -0.39 is 0 Å². The fourth-order valence-electron chi connectivity index (χ4n) is 7.45. The summed E-state index contributed by atoms with van der Waals surface area (Å²) in [6.07, 6.45) is 42.7. The Hall–Kier alpha value is -1.77. The van der Waals surface area contributed by atoms with Crippen molar-refractivity contribution in [3.8, 4) is 0 Å². The first-order chi connectivity index (χ1) is 24.6. The van der Waals surface area contributed by atoms with Gasteiger partial charge >= 0.3 is 0 Å². The van der Waals surface area contributed by atoms with E-state index in [9.17, 15) is 9.59 Å². The van der Waals surface area contributed by atoms with Crippen LogP contribution in [-0.2, 0) is 9.59 Å². The monoisotopic (exact) mass is 694 g/mol. The normalized spacial score (nSPS) is 12.0. The van der Waals surface area contributed by atoms with Gasteiger partial charge in [0.2, 0.25) is 0 Å². The fourth-order valence-corrected chi connectivity index (χ4v) is 7.45. The minimum atomic E-state index is -0.163. The van der Waals surface area contributed by atoms with Crippen molar-refractivity contribution in [2.45, 2.75) is 244 Å². The third-order valence-corrected chi connectivity index (χ3v) is 10.9. The highest BCUT2D eigenvalue weighted by Crippen LogP contribution is 2.26. The quantitative estimate of drug-likeness (QED) is 0.0551. The van der Waals surface area contributed by atoms with Crippen LogP contribution in [0.1, 0.15) is 250 Å². The summed E-state index contributed by atoms with van der Waals surface area (Å²) in [5.41, 5.74) is 1.39. The summed E-state index contributed by atoms with van der Waals surface area (Å²) in [5, 5.41) is 8.60. The van der Waals surface area contributed by atoms with Crippen LogP contribution in [0.25, 0.3) is 0 Å². The number of benzene rings is 1. The molecule has 0 aliphatic rings. The predicted molar refractivity (Wildman–Crippen MR) is 220 cm³/mol. The molecule has 3 heteroatoms. The molecule has 1 aromatic carbocycles. The van der Waals surface area contributed by atoms with Crippen LogP contribution in [0.5, 0.6) is 0 Å². The van der Waals surface area contributed by atoms with E-state index in [1.54, 1.807) is 0 Å². The largest absolute Gasteiger partial charge is 0.302 e. The van der Waals surface area contributed by atoms with Gasteiger partial charge < -0.3 is 5.41 Å². The fraction of sp³-hybridized carbons (Fsp3) is 0.809. The number of ketones is 2. The highest BCUT2D eigenvalue weighted by molar-refractivity contribution is 6.40. The molecule has 1 N–H and O–H groups in total. The molecule has 1 aromatic rings. The Bertz CT molecular complexity index is 909. The van der Waals surface area contributed by atoms with Gasteiger partial charge in [-0.15, -0.1) is 0 Å². The summed E-state index contributed by atoms with van der Waals surface area (Å²) < 4.78 is 0. The van der Waals surface area contributed by atoms with Gasteiger partial charge in [-0.25, -0.2) is 0 Å². The van der Waals surface area contributed by atoms with Crippen LogP contribution >= 0.6 is 0 Å². The van der Waals surface area contributed by atoms with Crippen molar-refractivity contribution in [2.75, 3.05) is 0 Å². The van der Waals surface area contributed by atoms with Gasteiger partial charge in [0.05, 0.1) is 5.71 Å². The molecule has 0 aliphatic heterocycles. The first kappa shape index (κ1) is 46.3. The van der Waals surface area contributed by atoms with Crippen molar-refractivity contribution in [1.29, 1.82) is 5.41 Å². The first-order valence-corrected chi connectivity index (χ1v) is 22.3. The van der Waals surface area contributed by atoms with E-state index in [4.69, 9.17) is 5.41 Å². The zero-order valence-electron chi connectivity index (χ0n) is 33.5. The Balaban J connectivity index is 2.06. The average molecular weight is 694 g/mol. The van der Waals surface area contributed by atoms with Crippen molar-refractivity contribution in [2.24, 2.45) is 0 Å². The molecule has 0 fully saturated rings. The summed E-state index contributed by atoms with van der Waals surface area (Å²) in [7, 11) is 0. The summed E-state index contributed by atoms with van der Waals surface area (Å²) in [5.74, 6) is 0.335. The van der Waals surface area contributed by atoms with Crippen molar-refractivity contribution in [3.63, 3.8) is 0 Å². The van der Waals surface area contributed by atoms with Crippen LogP contribution in [0.2, 0.25) is 0 Å². The first-order valence-electron chi connectivity index (χ1n) is 22.3. The SMILES string of the molecule is CCCCCCCCCCCCCCCC(=O)CCCCCCCCC(=N)C(=O)C(CCCCCCCCCCCCCC)c1ccccc1. The molecule has 288 valence electrons. The molecule has 0 bridgehead atoms. The molecule has 0 saturated heterocycles. The lowest BCUT2D eigenvalue weighted by molar-refractivity contribution is -0.119. The number of hydrogen-bond acceptors (Lipinski definition) is 3. The molecule has 1 rings (SSSR count). The number of hydrogen-bond donors (Lipinski definition) is 1.